The minimum Gasteiger partial charge on any atom is -0.0651 e. The molecule has 0 aliphatic heterocycles. The van der Waals surface area contributed by atoms with E-state index in [1.54, 1.807) is 0 Å². The van der Waals surface area contributed by atoms with Gasteiger partial charge in [0, 0.05) is 0 Å². The minimum absolute atomic E-state index is 0.473. The van der Waals surface area contributed by atoms with E-state index in [1.165, 1.54) is 32.1 Å². The van der Waals surface area contributed by atoms with Crippen LogP contribution in [0.5, 0.6) is 0 Å². The van der Waals surface area contributed by atoms with Gasteiger partial charge in [-0.3, -0.25) is 0 Å². The van der Waals surface area contributed by atoms with Crippen LogP contribution >= 0.6 is 0 Å². The van der Waals surface area contributed by atoms with Gasteiger partial charge < -0.3 is 0 Å². The van der Waals surface area contributed by atoms with E-state index in [9.17, 15) is 0 Å². The highest BCUT2D eigenvalue weighted by molar-refractivity contribution is 4.93. The molecule has 2 atom stereocenters. The Balaban J connectivity index is 2.78. The Morgan fingerprint density at radius 1 is 1.06 bits per heavy atom. The molecule has 0 aromatic rings. The Morgan fingerprint density at radius 2 is 1.62 bits per heavy atom. The lowest BCUT2D eigenvalue weighted by Crippen LogP contribution is -2.37. The van der Waals surface area contributed by atoms with Gasteiger partial charge in [0.05, 0.1) is 0 Å². The van der Waals surface area contributed by atoms with E-state index >= 15 is 0 Å². The van der Waals surface area contributed by atoms with E-state index in [0.29, 0.717) is 16.2 Å². The molecule has 1 saturated carbocycles. The molecule has 0 amide bonds. The average molecular weight is 224 g/mol. The standard InChI is InChI=1S/C16H32/c1-8-13-9-15(5,6)12-16(7,10-13)11-14(2,3)4/h13H,8-12H2,1-7H3. The molecule has 0 nitrogen and oxygen atoms in total. The fourth-order valence-electron chi connectivity index (χ4n) is 4.55. The molecule has 16 heavy (non-hydrogen) atoms. The quantitative estimate of drug-likeness (QED) is 0.567. The average Bonchev–Trinajstić information content (AvgIpc) is 1.95. The predicted molar refractivity (Wildman–Crippen MR) is 73.6 cm³/mol. The third kappa shape index (κ3) is 4.11. The monoisotopic (exact) mass is 224 g/mol. The lowest BCUT2D eigenvalue weighted by molar-refractivity contribution is 0.0223. The van der Waals surface area contributed by atoms with Crippen molar-refractivity contribution in [2.24, 2.45) is 22.2 Å². The molecule has 1 aliphatic rings. The van der Waals surface area contributed by atoms with Crippen molar-refractivity contribution in [1.29, 1.82) is 0 Å². The van der Waals surface area contributed by atoms with E-state index in [-0.39, 0.29) is 0 Å². The second kappa shape index (κ2) is 4.35. The third-order valence-electron chi connectivity index (χ3n) is 4.06. The Labute approximate surface area is 103 Å². The summed E-state index contributed by atoms with van der Waals surface area (Å²) in [6, 6.07) is 0. The highest BCUT2D eigenvalue weighted by Crippen LogP contribution is 2.53. The van der Waals surface area contributed by atoms with E-state index in [4.69, 9.17) is 0 Å². The first-order valence-corrected chi connectivity index (χ1v) is 7.05. The highest BCUT2D eigenvalue weighted by Gasteiger charge is 2.42. The topological polar surface area (TPSA) is 0 Å². The summed E-state index contributed by atoms with van der Waals surface area (Å²) in [6.07, 6.45) is 7.03. The van der Waals surface area contributed by atoms with Crippen LogP contribution in [0.2, 0.25) is 0 Å². The Morgan fingerprint density at radius 3 is 2.06 bits per heavy atom. The van der Waals surface area contributed by atoms with Gasteiger partial charge in [0.25, 0.3) is 0 Å². The zero-order chi connectivity index (χ0) is 12.6. The van der Waals surface area contributed by atoms with Crippen molar-refractivity contribution in [2.75, 3.05) is 0 Å². The van der Waals surface area contributed by atoms with Crippen LogP contribution in [0.25, 0.3) is 0 Å². The maximum absolute atomic E-state index is 2.53. The molecule has 0 N–H and O–H groups in total. The highest BCUT2D eigenvalue weighted by atomic mass is 14.5. The smallest absolute Gasteiger partial charge is 0.0313 e. The van der Waals surface area contributed by atoms with Crippen molar-refractivity contribution in [2.45, 2.75) is 80.6 Å². The Bertz CT molecular complexity index is 227. The first kappa shape index (κ1) is 14.1. The van der Waals surface area contributed by atoms with Gasteiger partial charge in [-0.1, -0.05) is 54.9 Å². The lowest BCUT2D eigenvalue weighted by Gasteiger charge is -2.49. The summed E-state index contributed by atoms with van der Waals surface area (Å²) in [5.74, 6) is 0.955. The maximum atomic E-state index is 2.53. The van der Waals surface area contributed by atoms with Crippen molar-refractivity contribution >= 4 is 0 Å². The van der Waals surface area contributed by atoms with Gasteiger partial charge in [0.2, 0.25) is 0 Å². The summed E-state index contributed by atoms with van der Waals surface area (Å²) < 4.78 is 0. The summed E-state index contributed by atoms with van der Waals surface area (Å²) in [6.45, 7) is 17.0. The fourth-order valence-corrected chi connectivity index (χ4v) is 4.55. The van der Waals surface area contributed by atoms with Gasteiger partial charge in [0.1, 0.15) is 0 Å². The van der Waals surface area contributed by atoms with Crippen LogP contribution in [-0.4, -0.2) is 0 Å². The van der Waals surface area contributed by atoms with Crippen LogP contribution in [-0.2, 0) is 0 Å². The molecule has 0 radical (unpaired) electrons. The van der Waals surface area contributed by atoms with Gasteiger partial charge in [-0.2, -0.15) is 0 Å². The van der Waals surface area contributed by atoms with Gasteiger partial charge in [-0.05, 0) is 47.8 Å². The molecule has 1 aliphatic carbocycles. The number of hydrogen-bond acceptors (Lipinski definition) is 0. The lowest BCUT2D eigenvalue weighted by atomic mass is 9.57. The van der Waals surface area contributed by atoms with Crippen molar-refractivity contribution in [1.82, 2.24) is 0 Å². The van der Waals surface area contributed by atoms with Crippen LogP contribution in [0.1, 0.15) is 80.6 Å². The zero-order valence-electron chi connectivity index (χ0n) is 12.6. The van der Waals surface area contributed by atoms with Crippen LogP contribution in [0, 0.1) is 22.2 Å². The second-order valence-corrected chi connectivity index (χ2v) is 8.57. The summed E-state index contributed by atoms with van der Waals surface area (Å²) in [7, 11) is 0. The summed E-state index contributed by atoms with van der Waals surface area (Å²) >= 11 is 0. The molecule has 0 aromatic carbocycles. The van der Waals surface area contributed by atoms with Crippen LogP contribution in [0.15, 0.2) is 0 Å². The van der Waals surface area contributed by atoms with Crippen LogP contribution in [0.3, 0.4) is 0 Å². The molecular weight excluding hydrogens is 192 g/mol. The molecular formula is C16H32. The van der Waals surface area contributed by atoms with Gasteiger partial charge in [-0.15, -0.1) is 0 Å². The molecule has 2 unspecified atom stereocenters. The summed E-state index contributed by atoms with van der Waals surface area (Å²) in [5, 5.41) is 0. The molecule has 1 rings (SSSR count). The Hall–Kier alpha value is 0. The van der Waals surface area contributed by atoms with Crippen LogP contribution in [0.4, 0.5) is 0 Å². The third-order valence-corrected chi connectivity index (χ3v) is 4.06. The Kier molecular flexibility index (Phi) is 3.82. The molecule has 0 heteroatoms. The normalized spacial score (nSPS) is 35.1. The second-order valence-electron chi connectivity index (χ2n) is 8.57. The zero-order valence-corrected chi connectivity index (χ0v) is 12.6. The largest absolute Gasteiger partial charge is 0.0651 e. The van der Waals surface area contributed by atoms with Crippen molar-refractivity contribution in [3.63, 3.8) is 0 Å². The van der Waals surface area contributed by atoms with Crippen molar-refractivity contribution in [3.05, 3.63) is 0 Å². The fraction of sp³-hybridized carbons (Fsp3) is 1.00. The molecule has 0 saturated heterocycles. The first-order chi connectivity index (χ1) is 7.05. The van der Waals surface area contributed by atoms with Gasteiger partial charge in [0.15, 0.2) is 0 Å². The molecule has 96 valence electrons. The van der Waals surface area contributed by atoms with Gasteiger partial charge in [-0.25, -0.2) is 0 Å². The number of hydrogen-bond donors (Lipinski definition) is 0. The van der Waals surface area contributed by atoms with Crippen molar-refractivity contribution < 1.29 is 0 Å². The summed E-state index contributed by atoms with van der Waals surface area (Å²) in [4.78, 5) is 0. The van der Waals surface area contributed by atoms with E-state index in [1.807, 2.05) is 0 Å². The van der Waals surface area contributed by atoms with E-state index in [2.05, 4.69) is 48.5 Å². The first-order valence-electron chi connectivity index (χ1n) is 7.05. The van der Waals surface area contributed by atoms with Crippen molar-refractivity contribution in [3.8, 4) is 0 Å². The maximum Gasteiger partial charge on any atom is -0.0313 e. The molecule has 0 spiro atoms. The molecule has 0 bridgehead atoms. The number of rotatable bonds is 2. The van der Waals surface area contributed by atoms with E-state index in [0.717, 1.165) is 5.92 Å². The minimum atomic E-state index is 0.473. The van der Waals surface area contributed by atoms with Crippen LogP contribution < -0.4 is 0 Å². The molecule has 1 fully saturated rings. The van der Waals surface area contributed by atoms with Gasteiger partial charge >= 0.3 is 0 Å². The molecule has 0 heterocycles. The summed E-state index contributed by atoms with van der Waals surface area (Å²) in [5.41, 5.74) is 1.60. The SMILES string of the molecule is CCC1CC(C)(C)CC(C)(CC(C)(C)C)C1. The molecule has 0 aromatic heterocycles. The predicted octanol–water partition coefficient (Wildman–Crippen LogP) is 5.67. The van der Waals surface area contributed by atoms with E-state index < -0.39 is 0 Å².